The number of hydrogen-bond donors (Lipinski definition) is 0. The zero-order valence-electron chi connectivity index (χ0n) is 10.6. The highest BCUT2D eigenvalue weighted by molar-refractivity contribution is 7.15. The molecule has 0 bridgehead atoms. The molecule has 2 heterocycles. The molecule has 0 aliphatic rings. The minimum absolute atomic E-state index is 0.383. The molecule has 5 heteroatoms. The van der Waals surface area contributed by atoms with Gasteiger partial charge < -0.3 is 9.15 Å². The van der Waals surface area contributed by atoms with Gasteiger partial charge in [-0.1, -0.05) is 11.3 Å². The van der Waals surface area contributed by atoms with Gasteiger partial charge in [0.2, 0.25) is 0 Å². The van der Waals surface area contributed by atoms with Gasteiger partial charge in [0.25, 0.3) is 0 Å². The van der Waals surface area contributed by atoms with Crippen LogP contribution < -0.4 is 10.4 Å². The Bertz CT molecular complexity index is 844. The summed E-state index contributed by atoms with van der Waals surface area (Å²) >= 11 is 1.26. The highest BCUT2D eigenvalue weighted by Gasteiger charge is 2.06. The third-order valence-corrected chi connectivity index (χ3v) is 3.75. The van der Waals surface area contributed by atoms with Crippen molar-refractivity contribution < 1.29 is 13.9 Å². The summed E-state index contributed by atoms with van der Waals surface area (Å²) in [5.74, 6) is 0.561. The van der Waals surface area contributed by atoms with E-state index in [9.17, 15) is 9.59 Å². The molecule has 0 aliphatic carbocycles. The fourth-order valence-corrected chi connectivity index (χ4v) is 2.63. The average molecular weight is 286 g/mol. The molecule has 20 heavy (non-hydrogen) atoms. The van der Waals surface area contributed by atoms with Crippen LogP contribution in [-0.2, 0) is 0 Å². The smallest absolute Gasteiger partial charge is 0.336 e. The number of aldehydes is 1. The van der Waals surface area contributed by atoms with Crippen LogP contribution in [-0.4, -0.2) is 6.29 Å². The van der Waals surface area contributed by atoms with E-state index in [1.54, 1.807) is 24.3 Å². The second kappa shape index (κ2) is 4.94. The third-order valence-electron chi connectivity index (χ3n) is 2.86. The summed E-state index contributed by atoms with van der Waals surface area (Å²) in [5.41, 5.74) is 0.966. The number of aryl methyl sites for hydroxylation is 1. The average Bonchev–Trinajstić information content (AvgIpc) is 2.85. The highest BCUT2D eigenvalue weighted by Crippen LogP contribution is 2.30. The van der Waals surface area contributed by atoms with Crippen molar-refractivity contribution in [2.75, 3.05) is 0 Å². The van der Waals surface area contributed by atoms with Crippen LogP contribution >= 0.6 is 11.3 Å². The van der Waals surface area contributed by atoms with Crippen molar-refractivity contribution in [1.29, 1.82) is 0 Å². The van der Waals surface area contributed by atoms with Gasteiger partial charge in [0.15, 0.2) is 11.3 Å². The Labute approximate surface area is 118 Å². The molecule has 0 saturated carbocycles. The summed E-state index contributed by atoms with van der Waals surface area (Å²) in [5, 5.41) is 1.48. The minimum Gasteiger partial charge on any atom is -0.447 e. The lowest BCUT2D eigenvalue weighted by Gasteiger charge is -2.05. The van der Waals surface area contributed by atoms with Crippen molar-refractivity contribution in [3.8, 4) is 10.8 Å². The summed E-state index contributed by atoms with van der Waals surface area (Å²) < 4.78 is 10.8. The van der Waals surface area contributed by atoms with Gasteiger partial charge in [-0.3, -0.25) is 4.79 Å². The molecular formula is C15H10O4S. The quantitative estimate of drug-likeness (QED) is 0.543. The van der Waals surface area contributed by atoms with Crippen LogP contribution in [0.3, 0.4) is 0 Å². The number of fused-ring (bicyclic) bond motifs is 1. The van der Waals surface area contributed by atoms with Crippen molar-refractivity contribution in [3.05, 3.63) is 57.3 Å². The number of hydrogen-bond acceptors (Lipinski definition) is 5. The lowest BCUT2D eigenvalue weighted by molar-refractivity contribution is 0.112. The summed E-state index contributed by atoms with van der Waals surface area (Å²) in [6.45, 7) is 1.86. The van der Waals surface area contributed by atoms with E-state index in [2.05, 4.69) is 0 Å². The Hall–Kier alpha value is -2.40. The van der Waals surface area contributed by atoms with Crippen LogP contribution in [0.25, 0.3) is 11.0 Å². The summed E-state index contributed by atoms with van der Waals surface area (Å²) in [7, 11) is 0. The maximum absolute atomic E-state index is 11.4. The first-order valence-electron chi connectivity index (χ1n) is 5.93. The Kier molecular flexibility index (Phi) is 3.12. The maximum Gasteiger partial charge on any atom is 0.336 e. The molecular weight excluding hydrogens is 276 g/mol. The van der Waals surface area contributed by atoms with E-state index >= 15 is 0 Å². The van der Waals surface area contributed by atoms with Crippen LogP contribution in [0, 0.1) is 6.92 Å². The standard InChI is InChI=1S/C15H10O4S/c1-9-6-14(17)19-13-7-10(2-4-12(9)13)18-15-5-3-11(8-16)20-15/h2-8H,1H3. The van der Waals surface area contributed by atoms with E-state index in [0.29, 0.717) is 21.3 Å². The second-order valence-corrected chi connectivity index (χ2v) is 5.36. The molecule has 0 amide bonds. The molecule has 100 valence electrons. The van der Waals surface area contributed by atoms with Crippen LogP contribution in [0.1, 0.15) is 15.2 Å². The molecule has 0 spiro atoms. The number of rotatable bonds is 3. The molecule has 0 aliphatic heterocycles. The number of benzene rings is 1. The number of carbonyl (C=O) groups excluding carboxylic acids is 1. The molecule has 2 aromatic heterocycles. The van der Waals surface area contributed by atoms with E-state index < -0.39 is 0 Å². The molecule has 1 aromatic carbocycles. The van der Waals surface area contributed by atoms with E-state index in [4.69, 9.17) is 9.15 Å². The topological polar surface area (TPSA) is 56.5 Å². The molecule has 0 N–H and O–H groups in total. The zero-order valence-corrected chi connectivity index (χ0v) is 11.4. The molecule has 0 atom stereocenters. The molecule has 3 aromatic rings. The van der Waals surface area contributed by atoms with Crippen molar-refractivity contribution in [2.24, 2.45) is 0 Å². The van der Waals surface area contributed by atoms with E-state index in [1.165, 1.54) is 17.4 Å². The Balaban J connectivity index is 2.00. The monoisotopic (exact) mass is 286 g/mol. The first-order valence-corrected chi connectivity index (χ1v) is 6.75. The van der Waals surface area contributed by atoms with E-state index in [-0.39, 0.29) is 5.63 Å². The van der Waals surface area contributed by atoms with Crippen molar-refractivity contribution in [3.63, 3.8) is 0 Å². The van der Waals surface area contributed by atoms with Crippen LogP contribution in [0.5, 0.6) is 10.8 Å². The first-order chi connectivity index (χ1) is 9.65. The Morgan fingerprint density at radius 1 is 1.20 bits per heavy atom. The van der Waals surface area contributed by atoms with Crippen LogP contribution in [0.2, 0.25) is 0 Å². The lowest BCUT2D eigenvalue weighted by Crippen LogP contribution is -1.97. The van der Waals surface area contributed by atoms with Gasteiger partial charge in [-0.15, -0.1) is 0 Å². The Morgan fingerprint density at radius 3 is 2.80 bits per heavy atom. The van der Waals surface area contributed by atoms with Gasteiger partial charge in [-0.05, 0) is 36.8 Å². The fraction of sp³-hybridized carbons (Fsp3) is 0.0667. The van der Waals surface area contributed by atoms with Gasteiger partial charge in [0.05, 0.1) is 4.88 Å². The third kappa shape index (κ3) is 2.35. The highest BCUT2D eigenvalue weighted by atomic mass is 32.1. The predicted molar refractivity (Wildman–Crippen MR) is 77.0 cm³/mol. The van der Waals surface area contributed by atoms with Crippen LogP contribution in [0.15, 0.2) is 45.6 Å². The van der Waals surface area contributed by atoms with Gasteiger partial charge in [-0.25, -0.2) is 4.79 Å². The van der Waals surface area contributed by atoms with Gasteiger partial charge >= 0.3 is 5.63 Å². The van der Waals surface area contributed by atoms with Crippen molar-refractivity contribution in [2.45, 2.75) is 6.92 Å². The predicted octanol–water partition coefficient (Wildman–Crippen LogP) is 3.77. The zero-order chi connectivity index (χ0) is 14.1. The van der Waals surface area contributed by atoms with E-state index in [0.717, 1.165) is 17.2 Å². The van der Waals surface area contributed by atoms with E-state index in [1.807, 2.05) is 13.0 Å². The first kappa shape index (κ1) is 12.6. The van der Waals surface area contributed by atoms with Crippen LogP contribution in [0.4, 0.5) is 0 Å². The van der Waals surface area contributed by atoms with Gasteiger partial charge in [0, 0.05) is 17.5 Å². The molecule has 0 fully saturated rings. The molecule has 0 radical (unpaired) electrons. The second-order valence-electron chi connectivity index (χ2n) is 4.28. The lowest BCUT2D eigenvalue weighted by atomic mass is 10.1. The molecule has 0 unspecified atom stereocenters. The maximum atomic E-state index is 11.4. The normalized spacial score (nSPS) is 10.7. The molecule has 4 nitrogen and oxygen atoms in total. The fourth-order valence-electron chi connectivity index (χ4n) is 1.94. The minimum atomic E-state index is -0.383. The number of thiophene rings is 1. The Morgan fingerprint density at radius 2 is 2.05 bits per heavy atom. The molecule has 0 saturated heterocycles. The summed E-state index contributed by atoms with van der Waals surface area (Å²) in [4.78, 5) is 22.6. The number of ether oxygens (including phenoxy) is 1. The SMILES string of the molecule is Cc1cc(=O)oc2cc(Oc3ccc(C=O)s3)ccc12. The van der Waals surface area contributed by atoms with Crippen molar-refractivity contribution in [1.82, 2.24) is 0 Å². The van der Waals surface area contributed by atoms with Gasteiger partial charge in [0.1, 0.15) is 11.3 Å². The summed E-state index contributed by atoms with van der Waals surface area (Å²) in [6, 6.07) is 10.2. The summed E-state index contributed by atoms with van der Waals surface area (Å²) in [6.07, 6.45) is 0.778. The molecule has 3 rings (SSSR count). The number of carbonyl (C=O) groups is 1. The largest absolute Gasteiger partial charge is 0.447 e. The van der Waals surface area contributed by atoms with Crippen molar-refractivity contribution >= 4 is 28.6 Å². The van der Waals surface area contributed by atoms with Gasteiger partial charge in [-0.2, -0.15) is 0 Å².